The molecule has 8 nitrogen and oxygen atoms in total. The van der Waals surface area contributed by atoms with Crippen molar-refractivity contribution in [2.45, 2.75) is 6.92 Å². The molecule has 1 aliphatic rings. The maximum atomic E-state index is 13.7. The number of nitrogens with zero attached hydrogens (tertiary/aromatic N) is 6. The van der Waals surface area contributed by atoms with Crippen LogP contribution in [0.3, 0.4) is 0 Å². The summed E-state index contributed by atoms with van der Waals surface area (Å²) in [5.41, 5.74) is 0.715. The first-order valence-corrected chi connectivity index (χ1v) is 9.10. The fourth-order valence-electron chi connectivity index (χ4n) is 3.10. The molecule has 150 valence electrons. The number of amides is 2. The van der Waals surface area contributed by atoms with Crippen LogP contribution in [0.2, 0.25) is 0 Å². The summed E-state index contributed by atoms with van der Waals surface area (Å²) in [7, 11) is 0. The second-order valence-corrected chi connectivity index (χ2v) is 6.66. The van der Waals surface area contributed by atoms with Gasteiger partial charge in [-0.2, -0.15) is 5.10 Å². The highest BCUT2D eigenvalue weighted by Crippen LogP contribution is 2.18. The maximum absolute atomic E-state index is 13.7. The summed E-state index contributed by atoms with van der Waals surface area (Å²) < 4.78 is 28.7. The van der Waals surface area contributed by atoms with Gasteiger partial charge in [0.15, 0.2) is 5.82 Å². The Morgan fingerprint density at radius 3 is 2.52 bits per heavy atom. The standard InChI is InChI=1S/C19H19F2N7O/c1-13-4-5-28(25-13)18-11-17(22-12-23-18)26-6-8-27(9-7-26)19(29)24-16-10-14(20)2-3-15(16)21/h2-5,10-12H,6-9H2,1H3,(H,24,29). The van der Waals surface area contributed by atoms with Gasteiger partial charge in [0.2, 0.25) is 0 Å². The molecule has 1 saturated heterocycles. The van der Waals surface area contributed by atoms with Crippen molar-refractivity contribution in [1.29, 1.82) is 0 Å². The predicted molar refractivity (Wildman–Crippen MR) is 103 cm³/mol. The number of halogens is 2. The van der Waals surface area contributed by atoms with Gasteiger partial charge in [-0.1, -0.05) is 0 Å². The molecule has 0 bridgehead atoms. The van der Waals surface area contributed by atoms with Gasteiger partial charge < -0.3 is 15.1 Å². The van der Waals surface area contributed by atoms with E-state index in [1.165, 1.54) is 6.33 Å². The van der Waals surface area contributed by atoms with Crippen LogP contribution in [0.15, 0.2) is 42.9 Å². The van der Waals surface area contributed by atoms with Crippen molar-refractivity contribution in [1.82, 2.24) is 24.6 Å². The summed E-state index contributed by atoms with van der Waals surface area (Å²) in [6.45, 7) is 3.84. The molecule has 2 aromatic heterocycles. The van der Waals surface area contributed by atoms with Crippen molar-refractivity contribution >= 4 is 17.5 Å². The Kier molecular flexibility index (Phi) is 5.07. The average molecular weight is 399 g/mol. The number of hydrogen-bond donors (Lipinski definition) is 1. The summed E-state index contributed by atoms with van der Waals surface area (Å²) in [4.78, 5) is 24.5. The van der Waals surface area contributed by atoms with Crippen molar-refractivity contribution in [2.75, 3.05) is 36.4 Å². The summed E-state index contributed by atoms with van der Waals surface area (Å²) in [5.74, 6) is 0.100. The van der Waals surface area contributed by atoms with Crippen LogP contribution >= 0.6 is 0 Å². The lowest BCUT2D eigenvalue weighted by molar-refractivity contribution is 0.208. The molecule has 0 atom stereocenters. The highest BCUT2D eigenvalue weighted by atomic mass is 19.1. The smallest absolute Gasteiger partial charge is 0.322 e. The summed E-state index contributed by atoms with van der Waals surface area (Å²) in [6, 6.07) is 6.21. The van der Waals surface area contributed by atoms with Gasteiger partial charge in [-0.05, 0) is 25.1 Å². The third kappa shape index (κ3) is 4.15. The molecule has 2 amide bonds. The number of aryl methyl sites for hydroxylation is 1. The minimum absolute atomic E-state index is 0.174. The Morgan fingerprint density at radius 2 is 1.79 bits per heavy atom. The quantitative estimate of drug-likeness (QED) is 0.733. The van der Waals surface area contributed by atoms with Crippen molar-refractivity contribution in [3.05, 3.63) is 60.2 Å². The van der Waals surface area contributed by atoms with Gasteiger partial charge >= 0.3 is 6.03 Å². The molecule has 1 aromatic carbocycles. The Balaban J connectivity index is 1.39. The van der Waals surface area contributed by atoms with Crippen molar-refractivity contribution in [3.63, 3.8) is 0 Å². The van der Waals surface area contributed by atoms with Gasteiger partial charge in [0, 0.05) is 44.5 Å². The Hall–Kier alpha value is -3.56. The van der Waals surface area contributed by atoms with Crippen LogP contribution in [-0.2, 0) is 0 Å². The second kappa shape index (κ2) is 7.82. The molecular formula is C19H19F2N7O. The Morgan fingerprint density at radius 1 is 1.03 bits per heavy atom. The van der Waals surface area contributed by atoms with Gasteiger partial charge in [0.05, 0.1) is 11.4 Å². The molecule has 1 fully saturated rings. The molecule has 3 aromatic rings. The molecule has 4 rings (SSSR count). The molecular weight excluding hydrogens is 380 g/mol. The van der Waals surface area contributed by atoms with E-state index in [-0.39, 0.29) is 5.69 Å². The summed E-state index contributed by atoms with van der Waals surface area (Å²) in [5, 5.41) is 6.77. The van der Waals surface area contributed by atoms with E-state index in [1.807, 2.05) is 30.2 Å². The largest absolute Gasteiger partial charge is 0.353 e. The zero-order valence-electron chi connectivity index (χ0n) is 15.7. The van der Waals surface area contributed by atoms with Crippen LogP contribution in [0.4, 0.5) is 25.1 Å². The summed E-state index contributed by atoms with van der Waals surface area (Å²) >= 11 is 0. The first kappa shape index (κ1) is 18.8. The number of piperazine rings is 1. The predicted octanol–water partition coefficient (Wildman–Crippen LogP) is 2.60. The highest BCUT2D eigenvalue weighted by molar-refractivity contribution is 5.89. The number of carbonyl (C=O) groups excluding carboxylic acids is 1. The van der Waals surface area contributed by atoms with Crippen molar-refractivity contribution in [2.24, 2.45) is 0 Å². The highest BCUT2D eigenvalue weighted by Gasteiger charge is 2.23. The number of benzene rings is 1. The van der Waals surface area contributed by atoms with E-state index in [9.17, 15) is 13.6 Å². The minimum atomic E-state index is -0.680. The van der Waals surface area contributed by atoms with E-state index in [4.69, 9.17) is 0 Å². The number of aromatic nitrogens is 4. The van der Waals surface area contributed by atoms with Gasteiger partial charge in [-0.15, -0.1) is 0 Å². The van der Waals surface area contributed by atoms with E-state index in [2.05, 4.69) is 20.4 Å². The van der Waals surface area contributed by atoms with E-state index >= 15 is 0 Å². The van der Waals surface area contributed by atoms with Crippen LogP contribution < -0.4 is 10.2 Å². The maximum Gasteiger partial charge on any atom is 0.322 e. The lowest BCUT2D eigenvalue weighted by Crippen LogP contribution is -2.50. The zero-order chi connectivity index (χ0) is 20.4. The minimum Gasteiger partial charge on any atom is -0.353 e. The second-order valence-electron chi connectivity index (χ2n) is 6.66. The molecule has 0 radical (unpaired) electrons. The van der Waals surface area contributed by atoms with Crippen molar-refractivity contribution in [3.8, 4) is 5.82 Å². The van der Waals surface area contributed by atoms with E-state index in [0.717, 1.165) is 29.7 Å². The molecule has 29 heavy (non-hydrogen) atoms. The molecule has 0 spiro atoms. The molecule has 0 aliphatic carbocycles. The Bertz CT molecular complexity index is 1030. The van der Waals surface area contributed by atoms with Crippen LogP contribution in [-0.4, -0.2) is 56.9 Å². The van der Waals surface area contributed by atoms with Crippen LogP contribution in [0, 0.1) is 18.6 Å². The third-order valence-corrected chi connectivity index (χ3v) is 4.66. The molecule has 0 unspecified atom stereocenters. The van der Waals surface area contributed by atoms with E-state index < -0.39 is 17.7 Å². The molecule has 10 heteroatoms. The molecule has 1 N–H and O–H groups in total. The van der Waals surface area contributed by atoms with Crippen LogP contribution in [0.5, 0.6) is 0 Å². The first-order valence-electron chi connectivity index (χ1n) is 9.10. The van der Waals surface area contributed by atoms with Crippen molar-refractivity contribution < 1.29 is 13.6 Å². The zero-order valence-corrected chi connectivity index (χ0v) is 15.7. The molecule has 1 aliphatic heterocycles. The van der Waals surface area contributed by atoms with Gasteiger partial charge in [0.25, 0.3) is 0 Å². The number of urea groups is 1. The Labute approximate surface area is 165 Å². The average Bonchev–Trinajstić information content (AvgIpc) is 3.17. The lowest BCUT2D eigenvalue weighted by Gasteiger charge is -2.35. The number of anilines is 2. The third-order valence-electron chi connectivity index (χ3n) is 4.66. The van der Waals surface area contributed by atoms with Gasteiger partial charge in [-0.3, -0.25) is 0 Å². The molecule has 0 saturated carbocycles. The number of carbonyl (C=O) groups is 1. The monoisotopic (exact) mass is 399 g/mol. The number of hydrogen-bond acceptors (Lipinski definition) is 5. The van der Waals surface area contributed by atoms with E-state index in [1.54, 1.807) is 9.58 Å². The van der Waals surface area contributed by atoms with Gasteiger partial charge in [0.1, 0.15) is 23.8 Å². The van der Waals surface area contributed by atoms with E-state index in [0.29, 0.717) is 32.0 Å². The fraction of sp³-hybridized carbons (Fsp3) is 0.263. The lowest BCUT2D eigenvalue weighted by atomic mass is 10.3. The fourth-order valence-corrected chi connectivity index (χ4v) is 3.10. The topological polar surface area (TPSA) is 79.2 Å². The first-order chi connectivity index (χ1) is 14.0. The number of nitrogens with one attached hydrogen (secondary N) is 1. The number of rotatable bonds is 3. The van der Waals surface area contributed by atoms with Crippen LogP contribution in [0.25, 0.3) is 5.82 Å². The summed E-state index contributed by atoms with van der Waals surface area (Å²) in [6.07, 6.45) is 3.31. The van der Waals surface area contributed by atoms with Gasteiger partial charge in [-0.25, -0.2) is 28.2 Å². The SMILES string of the molecule is Cc1ccn(-c2cc(N3CCN(C(=O)Nc4cc(F)ccc4F)CC3)ncn2)n1. The normalized spacial score (nSPS) is 14.2. The molecule has 3 heterocycles. The van der Waals surface area contributed by atoms with Crippen LogP contribution in [0.1, 0.15) is 5.69 Å².